The van der Waals surface area contributed by atoms with Gasteiger partial charge in [0.15, 0.2) is 0 Å². The van der Waals surface area contributed by atoms with Crippen LogP contribution in [0.4, 0.5) is 0 Å². The molecule has 0 radical (unpaired) electrons. The van der Waals surface area contributed by atoms with Gasteiger partial charge in [-0.1, -0.05) is 5.57 Å². The summed E-state index contributed by atoms with van der Waals surface area (Å²) in [7, 11) is 0. The molecule has 0 aromatic rings. The normalized spacial score (nSPS) is 14.1. The van der Waals surface area contributed by atoms with E-state index in [0.29, 0.717) is 12.6 Å². The average molecular weight is 217 g/mol. The molecular formula is C10H19NO2S. The van der Waals surface area contributed by atoms with Gasteiger partial charge in [-0.15, -0.1) is 0 Å². The molecule has 0 aromatic heterocycles. The average Bonchev–Trinajstić information content (AvgIpc) is 2.10. The number of rotatable bonds is 7. The van der Waals surface area contributed by atoms with Crippen molar-refractivity contribution < 1.29 is 9.90 Å². The summed E-state index contributed by atoms with van der Waals surface area (Å²) >= 11 is 1.83. The fourth-order valence-corrected chi connectivity index (χ4v) is 1.58. The van der Waals surface area contributed by atoms with Gasteiger partial charge in [-0.3, -0.25) is 0 Å². The van der Waals surface area contributed by atoms with Crippen molar-refractivity contribution in [2.24, 2.45) is 0 Å². The lowest BCUT2D eigenvalue weighted by Crippen LogP contribution is -2.28. The molecule has 0 heterocycles. The van der Waals surface area contributed by atoms with Crippen LogP contribution in [0, 0.1) is 0 Å². The summed E-state index contributed by atoms with van der Waals surface area (Å²) in [6.45, 7) is 4.59. The minimum absolute atomic E-state index is 0.444. The highest BCUT2D eigenvalue weighted by molar-refractivity contribution is 7.98. The van der Waals surface area contributed by atoms with Crippen LogP contribution in [0.5, 0.6) is 0 Å². The van der Waals surface area contributed by atoms with E-state index in [1.54, 1.807) is 0 Å². The highest BCUT2D eigenvalue weighted by atomic mass is 32.2. The van der Waals surface area contributed by atoms with Gasteiger partial charge in [-0.05, 0) is 32.3 Å². The topological polar surface area (TPSA) is 49.3 Å². The summed E-state index contributed by atoms with van der Waals surface area (Å²) in [5, 5.41) is 11.8. The van der Waals surface area contributed by atoms with Crippen LogP contribution < -0.4 is 5.32 Å². The molecule has 0 aliphatic carbocycles. The van der Waals surface area contributed by atoms with Gasteiger partial charge in [0.05, 0.1) is 0 Å². The highest BCUT2D eigenvalue weighted by Gasteiger charge is 2.01. The molecule has 1 unspecified atom stereocenters. The molecular weight excluding hydrogens is 198 g/mol. The molecule has 0 aromatic carbocycles. The summed E-state index contributed by atoms with van der Waals surface area (Å²) in [5.41, 5.74) is 0.855. The molecule has 1 atom stereocenters. The Balaban J connectivity index is 3.65. The lowest BCUT2D eigenvalue weighted by molar-refractivity contribution is -0.131. The van der Waals surface area contributed by atoms with Crippen molar-refractivity contribution in [3.63, 3.8) is 0 Å². The number of hydrogen-bond acceptors (Lipinski definition) is 3. The van der Waals surface area contributed by atoms with Gasteiger partial charge in [-0.25, -0.2) is 4.79 Å². The number of hydrogen-bond donors (Lipinski definition) is 2. The lowest BCUT2D eigenvalue weighted by atomic mass is 10.2. The third-order valence-electron chi connectivity index (χ3n) is 1.85. The molecule has 0 saturated carbocycles. The SMILES string of the molecule is CSCCC(C)NCC(C)=CC(=O)O. The summed E-state index contributed by atoms with van der Waals surface area (Å²) in [5.74, 6) is 0.261. The Hall–Kier alpha value is -0.480. The zero-order valence-electron chi connectivity index (χ0n) is 9.04. The molecule has 82 valence electrons. The zero-order chi connectivity index (χ0) is 11.0. The minimum atomic E-state index is -0.874. The predicted octanol–water partition coefficient (Wildman–Crippen LogP) is 1.75. The largest absolute Gasteiger partial charge is 0.478 e. The Kier molecular flexibility index (Phi) is 7.61. The maximum atomic E-state index is 10.3. The third kappa shape index (κ3) is 8.13. The van der Waals surface area contributed by atoms with Crippen molar-refractivity contribution in [3.8, 4) is 0 Å². The fourth-order valence-electron chi connectivity index (χ4n) is 0.994. The Morgan fingerprint density at radius 2 is 2.29 bits per heavy atom. The second-order valence-electron chi connectivity index (χ2n) is 3.39. The molecule has 2 N–H and O–H groups in total. The van der Waals surface area contributed by atoms with Crippen LogP contribution in [-0.4, -0.2) is 35.7 Å². The number of aliphatic carboxylic acids is 1. The maximum absolute atomic E-state index is 10.3. The smallest absolute Gasteiger partial charge is 0.328 e. The van der Waals surface area contributed by atoms with E-state index in [1.807, 2.05) is 18.7 Å². The van der Waals surface area contributed by atoms with Crippen molar-refractivity contribution in [3.05, 3.63) is 11.6 Å². The highest BCUT2D eigenvalue weighted by Crippen LogP contribution is 2.00. The Bertz CT molecular complexity index is 204. The molecule has 0 amide bonds. The van der Waals surface area contributed by atoms with Crippen molar-refractivity contribution in [2.75, 3.05) is 18.6 Å². The molecule has 0 saturated heterocycles. The number of carboxylic acids is 1. The standard InChI is InChI=1S/C10H19NO2S/c1-8(6-10(12)13)7-11-9(2)4-5-14-3/h6,9,11H,4-5,7H2,1-3H3,(H,12,13). The summed E-state index contributed by atoms with van der Waals surface area (Å²) < 4.78 is 0. The van der Waals surface area contributed by atoms with Gasteiger partial charge in [0, 0.05) is 18.7 Å². The third-order valence-corrected chi connectivity index (χ3v) is 2.50. The van der Waals surface area contributed by atoms with Gasteiger partial charge >= 0.3 is 5.97 Å². The molecule has 0 fully saturated rings. The molecule has 4 heteroatoms. The van der Waals surface area contributed by atoms with Gasteiger partial charge in [0.1, 0.15) is 0 Å². The summed E-state index contributed by atoms with van der Waals surface area (Å²) in [6, 6.07) is 0.444. The Labute approximate surface area is 90.0 Å². The monoisotopic (exact) mass is 217 g/mol. The Morgan fingerprint density at radius 1 is 1.64 bits per heavy atom. The maximum Gasteiger partial charge on any atom is 0.328 e. The van der Waals surface area contributed by atoms with E-state index in [9.17, 15) is 4.79 Å². The van der Waals surface area contributed by atoms with Crippen molar-refractivity contribution in [1.82, 2.24) is 5.32 Å². The van der Waals surface area contributed by atoms with E-state index < -0.39 is 5.97 Å². The molecule has 0 rings (SSSR count). The summed E-state index contributed by atoms with van der Waals surface area (Å²) in [4.78, 5) is 10.3. The molecule has 0 aliphatic rings. The molecule has 14 heavy (non-hydrogen) atoms. The van der Waals surface area contributed by atoms with Gasteiger partial charge in [0.2, 0.25) is 0 Å². The molecule has 0 bridgehead atoms. The second kappa shape index (κ2) is 7.88. The Morgan fingerprint density at radius 3 is 2.79 bits per heavy atom. The fraction of sp³-hybridized carbons (Fsp3) is 0.700. The number of carbonyl (C=O) groups is 1. The van der Waals surface area contributed by atoms with Crippen LogP contribution in [0.1, 0.15) is 20.3 Å². The van der Waals surface area contributed by atoms with Crippen LogP contribution in [-0.2, 0) is 4.79 Å². The van der Waals surface area contributed by atoms with Crippen LogP contribution in [0.25, 0.3) is 0 Å². The van der Waals surface area contributed by atoms with Gasteiger partial charge in [-0.2, -0.15) is 11.8 Å². The number of carboxylic acid groups (broad SMARTS) is 1. The van der Waals surface area contributed by atoms with Crippen LogP contribution in [0.2, 0.25) is 0 Å². The molecule has 3 nitrogen and oxygen atoms in total. The van der Waals surface area contributed by atoms with Crippen LogP contribution in [0.3, 0.4) is 0 Å². The zero-order valence-corrected chi connectivity index (χ0v) is 9.86. The van der Waals surface area contributed by atoms with E-state index in [4.69, 9.17) is 5.11 Å². The van der Waals surface area contributed by atoms with E-state index in [0.717, 1.165) is 17.7 Å². The lowest BCUT2D eigenvalue weighted by Gasteiger charge is -2.12. The van der Waals surface area contributed by atoms with E-state index in [2.05, 4.69) is 18.5 Å². The first-order valence-electron chi connectivity index (χ1n) is 4.68. The predicted molar refractivity (Wildman–Crippen MR) is 61.9 cm³/mol. The van der Waals surface area contributed by atoms with Gasteiger partial charge < -0.3 is 10.4 Å². The van der Waals surface area contributed by atoms with Crippen molar-refractivity contribution in [1.29, 1.82) is 0 Å². The first-order chi connectivity index (χ1) is 6.56. The second-order valence-corrected chi connectivity index (χ2v) is 4.38. The molecule has 0 aliphatic heterocycles. The molecule has 0 spiro atoms. The number of nitrogens with one attached hydrogen (secondary N) is 1. The van der Waals surface area contributed by atoms with Crippen molar-refractivity contribution in [2.45, 2.75) is 26.3 Å². The number of thioether (sulfide) groups is 1. The van der Waals surface area contributed by atoms with E-state index in [1.165, 1.54) is 6.08 Å². The van der Waals surface area contributed by atoms with Crippen LogP contribution >= 0.6 is 11.8 Å². The van der Waals surface area contributed by atoms with Crippen LogP contribution in [0.15, 0.2) is 11.6 Å². The summed E-state index contributed by atoms with van der Waals surface area (Å²) in [6.07, 6.45) is 4.44. The van der Waals surface area contributed by atoms with Crippen molar-refractivity contribution >= 4 is 17.7 Å². The quantitative estimate of drug-likeness (QED) is 0.638. The first kappa shape index (κ1) is 13.5. The van der Waals surface area contributed by atoms with E-state index in [-0.39, 0.29) is 0 Å². The van der Waals surface area contributed by atoms with Gasteiger partial charge in [0.25, 0.3) is 0 Å². The first-order valence-corrected chi connectivity index (χ1v) is 6.08. The van der Waals surface area contributed by atoms with E-state index >= 15 is 0 Å². The minimum Gasteiger partial charge on any atom is -0.478 e.